The van der Waals surface area contributed by atoms with Gasteiger partial charge >= 0.3 is 11.9 Å². The van der Waals surface area contributed by atoms with Gasteiger partial charge in [-0.25, -0.2) is 4.79 Å². The molecule has 3 aromatic rings. The molecule has 0 radical (unpaired) electrons. The number of ether oxygens (including phenoxy) is 3. The predicted molar refractivity (Wildman–Crippen MR) is 208 cm³/mol. The highest BCUT2D eigenvalue weighted by atomic mass is 35.5. The minimum absolute atomic E-state index is 0.0207. The first kappa shape index (κ1) is 42.3. The van der Waals surface area contributed by atoms with Gasteiger partial charge in [-0.3, -0.25) is 19.9 Å². The first-order valence-electron chi connectivity index (χ1n) is 18.3. The van der Waals surface area contributed by atoms with E-state index in [0.717, 1.165) is 11.1 Å². The Morgan fingerprint density at radius 2 is 1.77 bits per heavy atom. The van der Waals surface area contributed by atoms with Gasteiger partial charge in [-0.1, -0.05) is 67.9 Å². The molecule has 1 aliphatic carbocycles. The van der Waals surface area contributed by atoms with Gasteiger partial charge in [0.1, 0.15) is 36.4 Å². The summed E-state index contributed by atoms with van der Waals surface area (Å²) in [6.45, 7) is 5.45. The number of halogens is 1. The normalized spacial score (nSPS) is 19.5. The Bertz CT molecular complexity index is 1930. The molecule has 15 heteroatoms. The number of nitrogens with two attached hydrogens (primary N) is 1. The van der Waals surface area contributed by atoms with Crippen LogP contribution in [0.2, 0.25) is 5.02 Å². The lowest BCUT2D eigenvalue weighted by Gasteiger charge is -2.47. The molecule has 2 aromatic carbocycles. The number of carbonyl (C=O) groups is 3. The lowest BCUT2D eigenvalue weighted by molar-refractivity contribution is -0.163. The van der Waals surface area contributed by atoms with E-state index < -0.39 is 47.1 Å². The van der Waals surface area contributed by atoms with E-state index >= 15 is 0 Å². The predicted octanol–water partition coefficient (Wildman–Crippen LogP) is 4.06. The topological polar surface area (TPSA) is 214 Å². The maximum Gasteiger partial charge on any atom is 0.335 e. The summed E-state index contributed by atoms with van der Waals surface area (Å²) in [7, 11) is 0. The Hall–Kier alpha value is -4.83. The van der Waals surface area contributed by atoms with Gasteiger partial charge in [0.2, 0.25) is 5.91 Å². The number of amides is 1. The number of aliphatic hydroxyl groups excluding tert-OH is 1. The fourth-order valence-corrected chi connectivity index (χ4v) is 7.13. The van der Waals surface area contributed by atoms with Crippen molar-refractivity contribution in [2.24, 2.45) is 11.1 Å². The average molecular weight is 793 g/mol. The summed E-state index contributed by atoms with van der Waals surface area (Å²) in [4.78, 5) is 41.1. The molecule has 1 unspecified atom stereocenters. The van der Waals surface area contributed by atoms with E-state index in [1.807, 2.05) is 42.5 Å². The number of nitrogens with one attached hydrogen (secondary N) is 1. The molecular formula is C41H49ClN4O10. The second-order valence-electron chi connectivity index (χ2n) is 14.6. The van der Waals surface area contributed by atoms with Crippen LogP contribution in [0.1, 0.15) is 60.2 Å². The molecule has 300 valence electrons. The van der Waals surface area contributed by atoms with E-state index in [1.54, 1.807) is 18.2 Å². The zero-order valence-corrected chi connectivity index (χ0v) is 32.2. The molecule has 0 spiro atoms. The minimum atomic E-state index is -1.69. The highest BCUT2D eigenvalue weighted by Crippen LogP contribution is 2.49. The molecule has 56 heavy (non-hydrogen) atoms. The van der Waals surface area contributed by atoms with Crippen LogP contribution >= 0.6 is 11.6 Å². The lowest BCUT2D eigenvalue weighted by atomic mass is 9.65. The number of hydrogen-bond acceptors (Lipinski definition) is 11. The van der Waals surface area contributed by atoms with Crippen molar-refractivity contribution < 1.29 is 49.0 Å². The average Bonchev–Trinajstić information content (AvgIpc) is 3.17. The Morgan fingerprint density at radius 3 is 2.43 bits per heavy atom. The smallest absolute Gasteiger partial charge is 0.335 e. The van der Waals surface area contributed by atoms with Crippen molar-refractivity contribution in [2.45, 2.75) is 63.5 Å². The third kappa shape index (κ3) is 9.93. The van der Waals surface area contributed by atoms with Gasteiger partial charge in [0.05, 0.1) is 17.2 Å². The quantitative estimate of drug-likeness (QED) is 0.0947. The Balaban J connectivity index is 1.39. The summed E-state index contributed by atoms with van der Waals surface area (Å²) < 4.78 is 19.6. The number of rotatable bonds is 19. The molecule has 0 bridgehead atoms. The number of pyridine rings is 1. The summed E-state index contributed by atoms with van der Waals surface area (Å²) in [5.41, 5.74) is 5.42. The number of primary amides is 1. The Labute approximate surface area is 330 Å². The number of likely N-dealkylation sites (tertiary alicyclic amines) is 1. The molecule has 7 N–H and O–H groups in total. The Morgan fingerprint density at radius 1 is 1.04 bits per heavy atom. The van der Waals surface area contributed by atoms with Crippen LogP contribution < -0.4 is 20.5 Å². The van der Waals surface area contributed by atoms with Gasteiger partial charge in [0, 0.05) is 67.8 Å². The van der Waals surface area contributed by atoms with Crippen LogP contribution in [0, 0.1) is 5.41 Å². The molecule has 14 nitrogen and oxygen atoms in total. The van der Waals surface area contributed by atoms with Crippen molar-refractivity contribution in [1.29, 1.82) is 0 Å². The number of aromatic nitrogens is 1. The summed E-state index contributed by atoms with van der Waals surface area (Å²) in [6, 6.07) is 13.5. The number of carbonyl (C=O) groups excluding carboxylic acids is 1. The van der Waals surface area contributed by atoms with Crippen molar-refractivity contribution >= 4 is 35.0 Å². The van der Waals surface area contributed by atoms with Crippen LogP contribution in [0.5, 0.6) is 11.5 Å². The zero-order valence-electron chi connectivity index (χ0n) is 31.4. The van der Waals surface area contributed by atoms with Crippen molar-refractivity contribution in [1.82, 2.24) is 15.2 Å². The second kappa shape index (κ2) is 18.4. The van der Waals surface area contributed by atoms with E-state index in [9.17, 15) is 34.8 Å². The maximum absolute atomic E-state index is 11.8. The highest BCUT2D eigenvalue weighted by Gasteiger charge is 2.49. The van der Waals surface area contributed by atoms with E-state index in [0.29, 0.717) is 49.5 Å². The number of hydrogen-bond donors (Lipinski definition) is 6. The van der Waals surface area contributed by atoms with Crippen molar-refractivity contribution in [3.63, 3.8) is 0 Å². The SMILES string of the molecule is CC1(C)C(c2ccccc2)=CC=C[C@@]1(COc1cc(OCc2cncc(C(N)=O)c2)c(CNC(CO)C(=O)O)cc1Cl)OCCCN1CCC(O)(C(=O)O)CC1. The summed E-state index contributed by atoms with van der Waals surface area (Å²) in [5.74, 6) is -2.49. The number of benzene rings is 2. The first-order chi connectivity index (χ1) is 26.7. The molecule has 1 aliphatic heterocycles. The molecule has 2 heterocycles. The molecule has 0 saturated carbocycles. The van der Waals surface area contributed by atoms with Gasteiger partial charge in [-0.2, -0.15) is 0 Å². The molecule has 1 fully saturated rings. The van der Waals surface area contributed by atoms with Gasteiger partial charge in [0.15, 0.2) is 5.60 Å². The molecular weight excluding hydrogens is 744 g/mol. The van der Waals surface area contributed by atoms with Crippen LogP contribution in [0.25, 0.3) is 5.57 Å². The maximum atomic E-state index is 11.8. The van der Waals surface area contributed by atoms with Crippen LogP contribution in [0.3, 0.4) is 0 Å². The van der Waals surface area contributed by atoms with Gasteiger partial charge < -0.3 is 45.3 Å². The molecule has 1 aromatic heterocycles. The summed E-state index contributed by atoms with van der Waals surface area (Å²) >= 11 is 6.83. The summed E-state index contributed by atoms with van der Waals surface area (Å²) in [6.07, 6.45) is 9.82. The van der Waals surface area contributed by atoms with Gasteiger partial charge in [-0.05, 0) is 48.6 Å². The van der Waals surface area contributed by atoms with Gasteiger partial charge in [-0.15, -0.1) is 0 Å². The van der Waals surface area contributed by atoms with Crippen molar-refractivity contribution in [3.8, 4) is 11.5 Å². The van der Waals surface area contributed by atoms with Crippen LogP contribution in [0.15, 0.2) is 79.2 Å². The van der Waals surface area contributed by atoms with Crippen molar-refractivity contribution in [3.05, 3.63) is 106 Å². The molecule has 1 saturated heterocycles. The summed E-state index contributed by atoms with van der Waals surface area (Å²) in [5, 5.41) is 41.8. The highest BCUT2D eigenvalue weighted by molar-refractivity contribution is 6.32. The van der Waals surface area contributed by atoms with E-state index in [4.69, 9.17) is 31.5 Å². The lowest BCUT2D eigenvalue weighted by Crippen LogP contribution is -2.52. The standard InChI is InChI=1S/C41H49ClN4O10/c1-39(2)31(28-8-4-3-5-9-28)10-6-11-41(39,56-17-7-14-46-15-12-40(53,13-16-46)38(51)52)26-55-35-20-34(54-25-27-18-30(36(43)48)22-44-21-27)29(19-32(35)42)23-45-33(24-47)37(49)50/h3-6,8-11,18-22,33,45,47,53H,7,12-17,23-26H2,1-2H3,(H2,43,48)(H,49,50)(H,51,52)/t33?,41-/m0/s1. The fraction of sp³-hybridized carbons (Fsp3) is 0.415. The van der Waals surface area contributed by atoms with Crippen LogP contribution in [-0.2, 0) is 27.5 Å². The fourth-order valence-electron chi connectivity index (χ4n) is 6.89. The number of piperidine rings is 1. The van der Waals surface area contributed by atoms with Crippen LogP contribution in [-0.4, -0.2) is 105 Å². The Kier molecular flexibility index (Phi) is 13.9. The van der Waals surface area contributed by atoms with Gasteiger partial charge in [0.25, 0.3) is 0 Å². The number of aliphatic carboxylic acids is 2. The third-order valence-electron chi connectivity index (χ3n) is 10.6. The first-order valence-corrected chi connectivity index (χ1v) is 18.7. The largest absolute Gasteiger partial charge is 0.488 e. The molecule has 5 rings (SSSR count). The van der Waals surface area contributed by atoms with E-state index in [-0.39, 0.29) is 48.9 Å². The number of allylic oxidation sites excluding steroid dienone is 2. The zero-order chi connectivity index (χ0) is 40.5. The van der Waals surface area contributed by atoms with E-state index in [2.05, 4.69) is 35.1 Å². The van der Waals surface area contributed by atoms with Crippen molar-refractivity contribution in [2.75, 3.05) is 39.5 Å². The third-order valence-corrected chi connectivity index (χ3v) is 10.8. The van der Waals surface area contributed by atoms with E-state index in [1.165, 1.54) is 12.4 Å². The number of carboxylic acid groups (broad SMARTS) is 2. The molecule has 2 aliphatic rings. The molecule has 2 atom stereocenters. The second-order valence-corrected chi connectivity index (χ2v) is 15.0. The number of aliphatic hydroxyl groups is 2. The minimum Gasteiger partial charge on any atom is -0.488 e. The van der Waals surface area contributed by atoms with Crippen LogP contribution in [0.4, 0.5) is 0 Å². The monoisotopic (exact) mass is 792 g/mol. The number of carboxylic acids is 2. The molecule has 1 amide bonds. The number of nitrogens with zero attached hydrogens (tertiary/aromatic N) is 2.